The van der Waals surface area contributed by atoms with Gasteiger partial charge in [-0.15, -0.1) is 0 Å². The van der Waals surface area contributed by atoms with Gasteiger partial charge >= 0.3 is 0 Å². The average molecular weight is 515 g/mol. The van der Waals surface area contributed by atoms with E-state index >= 15 is 0 Å². The van der Waals surface area contributed by atoms with Gasteiger partial charge in [0.2, 0.25) is 0 Å². The van der Waals surface area contributed by atoms with E-state index in [4.69, 9.17) is 23.2 Å². The summed E-state index contributed by atoms with van der Waals surface area (Å²) in [5.41, 5.74) is 4.06. The lowest BCUT2D eigenvalue weighted by atomic mass is 9.97. The summed E-state index contributed by atoms with van der Waals surface area (Å²) in [7, 11) is -3.31. The van der Waals surface area contributed by atoms with E-state index in [9.17, 15) is 13.5 Å². The third-order valence-electron chi connectivity index (χ3n) is 5.58. The lowest BCUT2D eigenvalue weighted by Gasteiger charge is -2.14. The Bertz CT molecular complexity index is 1480. The maximum Gasteiger partial charge on any atom is 0.175 e. The molecule has 0 amide bonds. The molecular weight excluding hydrogens is 491 g/mol. The van der Waals surface area contributed by atoms with Gasteiger partial charge in [0.1, 0.15) is 11.3 Å². The van der Waals surface area contributed by atoms with Crippen LogP contribution in [0.15, 0.2) is 71.6 Å². The Hall–Kier alpha value is -2.64. The normalized spacial score (nSPS) is 12.2. The van der Waals surface area contributed by atoms with Crippen molar-refractivity contribution in [3.63, 3.8) is 0 Å². The van der Waals surface area contributed by atoms with Gasteiger partial charge < -0.3 is 5.11 Å². The fraction of sp³-hybridized carbons (Fsp3) is 0.192. The number of aromatic nitrogens is 2. The van der Waals surface area contributed by atoms with Crippen LogP contribution in [0.4, 0.5) is 0 Å². The third-order valence-corrected chi connectivity index (χ3v) is 7.30. The van der Waals surface area contributed by atoms with Crippen molar-refractivity contribution in [1.82, 2.24) is 9.78 Å². The molecular formula is C26H24Cl2N2O3S. The van der Waals surface area contributed by atoms with Crippen LogP contribution < -0.4 is 0 Å². The van der Waals surface area contributed by atoms with Gasteiger partial charge in [0.15, 0.2) is 9.84 Å². The number of halogens is 2. The average Bonchev–Trinajstić information content (AvgIpc) is 3.18. The van der Waals surface area contributed by atoms with E-state index in [1.54, 1.807) is 54.9 Å². The third kappa shape index (κ3) is 4.77. The molecule has 0 aliphatic heterocycles. The van der Waals surface area contributed by atoms with Gasteiger partial charge in [-0.25, -0.2) is 13.1 Å². The summed E-state index contributed by atoms with van der Waals surface area (Å²) < 4.78 is 25.6. The van der Waals surface area contributed by atoms with E-state index in [1.165, 1.54) is 6.26 Å². The van der Waals surface area contributed by atoms with Gasteiger partial charge in [-0.2, -0.15) is 5.10 Å². The Morgan fingerprint density at radius 1 is 0.912 bits per heavy atom. The lowest BCUT2D eigenvalue weighted by molar-refractivity contribution is 0.0734. The number of aryl methyl sites for hydroxylation is 1. The molecule has 4 rings (SSSR count). The van der Waals surface area contributed by atoms with Crippen molar-refractivity contribution < 1.29 is 13.5 Å². The number of hydrogen-bond donors (Lipinski definition) is 1. The fourth-order valence-electron chi connectivity index (χ4n) is 3.77. The van der Waals surface area contributed by atoms with Crippen molar-refractivity contribution >= 4 is 33.0 Å². The number of benzene rings is 3. The molecule has 0 atom stereocenters. The van der Waals surface area contributed by atoms with Crippen molar-refractivity contribution in [2.24, 2.45) is 0 Å². The number of aliphatic hydroxyl groups is 1. The minimum atomic E-state index is -3.31. The highest BCUT2D eigenvalue weighted by molar-refractivity contribution is 7.90. The van der Waals surface area contributed by atoms with Crippen LogP contribution in [0.25, 0.3) is 28.1 Å². The van der Waals surface area contributed by atoms with E-state index in [0.717, 1.165) is 27.9 Å². The molecule has 4 aromatic rings. The summed E-state index contributed by atoms with van der Waals surface area (Å²) in [5, 5.41) is 16.1. The highest BCUT2D eigenvalue weighted by atomic mass is 35.5. The predicted octanol–water partition coefficient (Wildman–Crippen LogP) is 6.45. The maximum atomic E-state index is 12.0. The van der Waals surface area contributed by atoms with Crippen molar-refractivity contribution in [3.05, 3.63) is 88.0 Å². The molecule has 3 aromatic carbocycles. The summed E-state index contributed by atoms with van der Waals surface area (Å²) >= 11 is 13.0. The smallest absolute Gasteiger partial charge is 0.175 e. The van der Waals surface area contributed by atoms with Gasteiger partial charge in [0, 0.05) is 11.8 Å². The molecule has 8 heteroatoms. The Kier molecular flexibility index (Phi) is 6.38. The number of nitrogens with zero attached hydrogens (tertiary/aromatic N) is 2. The quantitative estimate of drug-likeness (QED) is 0.332. The van der Waals surface area contributed by atoms with Crippen LogP contribution in [0.1, 0.15) is 25.1 Å². The Morgan fingerprint density at radius 3 is 2.12 bits per heavy atom. The lowest BCUT2D eigenvalue weighted by Crippen LogP contribution is -2.16. The second kappa shape index (κ2) is 8.86. The fourth-order valence-corrected chi connectivity index (χ4v) is 5.00. The van der Waals surface area contributed by atoms with E-state index in [1.807, 2.05) is 37.3 Å². The van der Waals surface area contributed by atoms with Crippen LogP contribution in [0.5, 0.6) is 0 Å². The molecule has 0 saturated heterocycles. The van der Waals surface area contributed by atoms with Crippen LogP contribution in [0.2, 0.25) is 10.0 Å². The monoisotopic (exact) mass is 514 g/mol. The van der Waals surface area contributed by atoms with Crippen molar-refractivity contribution in [2.45, 2.75) is 31.3 Å². The molecule has 0 unspecified atom stereocenters. The summed E-state index contributed by atoms with van der Waals surface area (Å²) in [6, 6.07) is 19.8. The van der Waals surface area contributed by atoms with E-state index in [2.05, 4.69) is 5.10 Å². The molecule has 176 valence electrons. The molecule has 5 nitrogen and oxygen atoms in total. The number of para-hydroxylation sites is 1. The van der Waals surface area contributed by atoms with Crippen molar-refractivity contribution in [1.29, 1.82) is 0 Å². The largest absolute Gasteiger partial charge is 0.384 e. The highest BCUT2D eigenvalue weighted by Crippen LogP contribution is 2.37. The van der Waals surface area contributed by atoms with Gasteiger partial charge in [0.25, 0.3) is 0 Å². The van der Waals surface area contributed by atoms with Gasteiger partial charge in [-0.1, -0.05) is 59.6 Å². The first-order valence-electron chi connectivity index (χ1n) is 10.5. The topological polar surface area (TPSA) is 72.2 Å². The molecule has 1 N–H and O–H groups in total. The van der Waals surface area contributed by atoms with Crippen molar-refractivity contribution in [3.8, 4) is 28.1 Å². The molecule has 0 bridgehead atoms. The summed E-state index contributed by atoms with van der Waals surface area (Å²) in [4.78, 5) is 0.271. The number of sulfone groups is 1. The van der Waals surface area contributed by atoms with Crippen LogP contribution in [0.3, 0.4) is 0 Å². The van der Waals surface area contributed by atoms with Crippen molar-refractivity contribution in [2.75, 3.05) is 6.26 Å². The second-order valence-electron chi connectivity index (χ2n) is 8.79. The van der Waals surface area contributed by atoms with Crippen LogP contribution in [0, 0.1) is 6.92 Å². The van der Waals surface area contributed by atoms with E-state index in [-0.39, 0.29) is 4.90 Å². The highest BCUT2D eigenvalue weighted by Gasteiger charge is 2.25. The van der Waals surface area contributed by atoms with Crippen LogP contribution in [-0.2, 0) is 15.4 Å². The Balaban J connectivity index is 1.88. The molecule has 0 radical (unpaired) electrons. The molecule has 1 aromatic heterocycles. The van der Waals surface area contributed by atoms with Crippen LogP contribution >= 0.6 is 23.2 Å². The Morgan fingerprint density at radius 2 is 1.53 bits per heavy atom. The zero-order valence-electron chi connectivity index (χ0n) is 19.2. The molecule has 0 aliphatic rings. The number of hydrogen-bond acceptors (Lipinski definition) is 4. The van der Waals surface area contributed by atoms with Gasteiger partial charge in [-0.3, -0.25) is 0 Å². The first kappa shape index (κ1) is 24.5. The SMILES string of the molecule is Cc1cc(-c2cccc(S(C)(=O)=O)c2)ccc1-c1cc(C(C)(C)O)nn1-c1c(Cl)cccc1Cl. The minimum Gasteiger partial charge on any atom is -0.384 e. The van der Waals surface area contributed by atoms with Crippen LogP contribution in [-0.4, -0.2) is 29.6 Å². The summed E-state index contributed by atoms with van der Waals surface area (Å²) in [6.07, 6.45) is 1.20. The predicted molar refractivity (Wildman–Crippen MR) is 138 cm³/mol. The second-order valence-corrected chi connectivity index (χ2v) is 11.6. The minimum absolute atomic E-state index is 0.271. The molecule has 1 heterocycles. The van der Waals surface area contributed by atoms with Gasteiger partial charge in [-0.05, 0) is 67.8 Å². The summed E-state index contributed by atoms with van der Waals surface area (Å²) in [6.45, 7) is 5.30. The molecule has 0 saturated carbocycles. The zero-order chi connectivity index (χ0) is 24.8. The maximum absolute atomic E-state index is 12.0. The molecule has 0 spiro atoms. The zero-order valence-corrected chi connectivity index (χ0v) is 21.5. The molecule has 0 aliphatic carbocycles. The molecule has 0 fully saturated rings. The standard InChI is InChI=1S/C26H24Cl2N2O3S/c1-16-13-18(17-7-5-8-19(14-17)34(4,32)33)11-12-20(16)23-15-24(26(2,3)31)29-30(23)25-21(27)9-6-10-22(25)28/h5-15,31H,1-4H3. The Labute approximate surface area is 209 Å². The van der Waals surface area contributed by atoms with Gasteiger partial charge in [0.05, 0.1) is 26.3 Å². The molecule has 34 heavy (non-hydrogen) atoms. The van der Waals surface area contributed by atoms with E-state index in [0.29, 0.717) is 21.4 Å². The summed E-state index contributed by atoms with van der Waals surface area (Å²) in [5.74, 6) is 0. The van der Waals surface area contributed by atoms with E-state index < -0.39 is 15.4 Å². The first-order valence-corrected chi connectivity index (χ1v) is 13.2. The number of rotatable bonds is 5. The first-order chi connectivity index (χ1) is 15.9.